The zero-order valence-corrected chi connectivity index (χ0v) is 10.2. The predicted molar refractivity (Wildman–Crippen MR) is 65.7 cm³/mol. The molecule has 0 aromatic carbocycles. The Hall–Kier alpha value is -1.75. The first kappa shape index (κ1) is 11.7. The Bertz CT molecular complexity index is 450. The zero-order valence-electron chi connectivity index (χ0n) is 10.2. The molecule has 0 atom stereocenters. The average molecular weight is 231 g/mol. The normalized spacial score (nSPS) is 11.0. The van der Waals surface area contributed by atoms with Crippen molar-refractivity contribution >= 4 is 0 Å². The van der Waals surface area contributed by atoms with Crippen molar-refractivity contribution in [2.45, 2.75) is 20.4 Å². The maximum atomic E-state index is 4.15. The fraction of sp³-hybridized carbons (Fsp3) is 0.417. The Morgan fingerprint density at radius 1 is 1.35 bits per heavy atom. The zero-order chi connectivity index (χ0) is 12.1. The van der Waals surface area contributed by atoms with Gasteiger partial charge in [0.1, 0.15) is 12.7 Å². The number of nitrogens with one attached hydrogen (secondary N) is 1. The molecule has 0 saturated carbocycles. The van der Waals surface area contributed by atoms with E-state index < -0.39 is 0 Å². The van der Waals surface area contributed by atoms with E-state index in [1.807, 2.05) is 12.3 Å². The fourth-order valence-corrected chi connectivity index (χ4v) is 1.61. The van der Waals surface area contributed by atoms with E-state index in [-0.39, 0.29) is 0 Å². The molecule has 0 aliphatic heterocycles. The van der Waals surface area contributed by atoms with E-state index in [1.54, 1.807) is 17.2 Å². The Labute approximate surface area is 101 Å². The summed E-state index contributed by atoms with van der Waals surface area (Å²) < 4.78 is 1.76. The summed E-state index contributed by atoms with van der Waals surface area (Å²) in [5.74, 6) is 0.640. The molecule has 0 spiro atoms. The standard InChI is InChI=1S/C12H17N5/c1-10(2)5-14-7-11-6-13-4-3-12(11)17-9-15-8-16-17/h3-4,6,8-10,14H,5,7H2,1-2H3. The van der Waals surface area contributed by atoms with Gasteiger partial charge in [0.25, 0.3) is 0 Å². The summed E-state index contributed by atoms with van der Waals surface area (Å²) in [6.45, 7) is 6.16. The van der Waals surface area contributed by atoms with Crippen LogP contribution in [0.3, 0.4) is 0 Å². The van der Waals surface area contributed by atoms with Crippen molar-refractivity contribution in [2.75, 3.05) is 6.54 Å². The van der Waals surface area contributed by atoms with Gasteiger partial charge in [-0.15, -0.1) is 0 Å². The first-order valence-electron chi connectivity index (χ1n) is 5.76. The van der Waals surface area contributed by atoms with E-state index in [9.17, 15) is 0 Å². The average Bonchev–Trinajstić information content (AvgIpc) is 2.82. The minimum Gasteiger partial charge on any atom is -0.312 e. The predicted octanol–water partition coefficient (Wildman–Crippen LogP) is 1.41. The van der Waals surface area contributed by atoms with Crippen molar-refractivity contribution in [2.24, 2.45) is 5.92 Å². The summed E-state index contributed by atoms with van der Waals surface area (Å²) in [7, 11) is 0. The molecule has 0 saturated heterocycles. The van der Waals surface area contributed by atoms with Crippen LogP contribution < -0.4 is 5.32 Å². The maximum Gasteiger partial charge on any atom is 0.138 e. The van der Waals surface area contributed by atoms with Crippen molar-refractivity contribution in [1.82, 2.24) is 25.1 Å². The van der Waals surface area contributed by atoms with E-state index in [0.717, 1.165) is 24.3 Å². The Balaban J connectivity index is 2.11. The van der Waals surface area contributed by atoms with Crippen LogP contribution in [0.2, 0.25) is 0 Å². The second-order valence-electron chi connectivity index (χ2n) is 4.37. The number of nitrogens with zero attached hydrogens (tertiary/aromatic N) is 4. The van der Waals surface area contributed by atoms with Gasteiger partial charge < -0.3 is 5.32 Å². The smallest absolute Gasteiger partial charge is 0.138 e. The lowest BCUT2D eigenvalue weighted by molar-refractivity contribution is 0.550. The van der Waals surface area contributed by atoms with Gasteiger partial charge in [0.05, 0.1) is 5.69 Å². The molecule has 0 bridgehead atoms. The van der Waals surface area contributed by atoms with Crippen LogP contribution in [-0.2, 0) is 6.54 Å². The number of hydrogen-bond donors (Lipinski definition) is 1. The third-order valence-corrected chi connectivity index (χ3v) is 2.41. The summed E-state index contributed by atoms with van der Waals surface area (Å²) in [5.41, 5.74) is 2.15. The van der Waals surface area contributed by atoms with E-state index in [1.165, 1.54) is 6.33 Å². The maximum absolute atomic E-state index is 4.15. The summed E-state index contributed by atoms with van der Waals surface area (Å²) in [6.07, 6.45) is 6.86. The summed E-state index contributed by atoms with van der Waals surface area (Å²) in [6, 6.07) is 1.95. The minimum absolute atomic E-state index is 0.640. The molecule has 0 aliphatic rings. The van der Waals surface area contributed by atoms with Crippen LogP contribution in [0.5, 0.6) is 0 Å². The molecule has 0 radical (unpaired) electrons. The van der Waals surface area contributed by atoms with Crippen molar-refractivity contribution in [3.63, 3.8) is 0 Å². The van der Waals surface area contributed by atoms with Gasteiger partial charge in [0, 0.05) is 24.5 Å². The highest BCUT2D eigenvalue weighted by Gasteiger charge is 2.05. The minimum atomic E-state index is 0.640. The second kappa shape index (κ2) is 5.54. The molecular formula is C12H17N5. The number of aromatic nitrogens is 4. The van der Waals surface area contributed by atoms with E-state index >= 15 is 0 Å². The summed E-state index contributed by atoms with van der Waals surface area (Å²) in [5, 5.41) is 7.54. The van der Waals surface area contributed by atoms with Crippen molar-refractivity contribution < 1.29 is 0 Å². The van der Waals surface area contributed by atoms with Gasteiger partial charge >= 0.3 is 0 Å². The van der Waals surface area contributed by atoms with E-state index in [0.29, 0.717) is 5.92 Å². The monoisotopic (exact) mass is 231 g/mol. The molecule has 2 heterocycles. The van der Waals surface area contributed by atoms with Gasteiger partial charge in [-0.25, -0.2) is 9.67 Å². The Kier molecular flexibility index (Phi) is 3.82. The lowest BCUT2D eigenvalue weighted by atomic mass is 10.2. The Morgan fingerprint density at radius 3 is 2.94 bits per heavy atom. The van der Waals surface area contributed by atoms with Crippen LogP contribution in [0.4, 0.5) is 0 Å². The van der Waals surface area contributed by atoms with Gasteiger partial charge in [-0.2, -0.15) is 5.10 Å². The molecule has 0 amide bonds. The highest BCUT2D eigenvalue weighted by molar-refractivity contribution is 5.37. The summed E-state index contributed by atoms with van der Waals surface area (Å²) in [4.78, 5) is 8.11. The van der Waals surface area contributed by atoms with Crippen LogP contribution in [0, 0.1) is 5.92 Å². The molecule has 2 aromatic rings. The second-order valence-corrected chi connectivity index (χ2v) is 4.37. The molecule has 90 valence electrons. The highest BCUT2D eigenvalue weighted by atomic mass is 15.3. The molecule has 17 heavy (non-hydrogen) atoms. The van der Waals surface area contributed by atoms with Gasteiger partial charge in [-0.05, 0) is 18.5 Å². The largest absolute Gasteiger partial charge is 0.312 e. The van der Waals surface area contributed by atoms with E-state index in [2.05, 4.69) is 34.2 Å². The van der Waals surface area contributed by atoms with E-state index in [4.69, 9.17) is 0 Å². The highest BCUT2D eigenvalue weighted by Crippen LogP contribution is 2.10. The molecule has 2 aromatic heterocycles. The van der Waals surface area contributed by atoms with Crippen molar-refractivity contribution in [1.29, 1.82) is 0 Å². The lowest BCUT2D eigenvalue weighted by Crippen LogP contribution is -2.20. The Morgan fingerprint density at radius 2 is 2.24 bits per heavy atom. The molecule has 5 heteroatoms. The van der Waals surface area contributed by atoms with Gasteiger partial charge in [-0.3, -0.25) is 4.98 Å². The number of hydrogen-bond acceptors (Lipinski definition) is 4. The van der Waals surface area contributed by atoms with Gasteiger partial charge in [-0.1, -0.05) is 13.8 Å². The molecule has 0 aliphatic carbocycles. The molecular weight excluding hydrogens is 214 g/mol. The lowest BCUT2D eigenvalue weighted by Gasteiger charge is -2.10. The van der Waals surface area contributed by atoms with Crippen LogP contribution in [0.1, 0.15) is 19.4 Å². The number of pyridine rings is 1. The van der Waals surface area contributed by atoms with Gasteiger partial charge in [0.15, 0.2) is 0 Å². The first-order chi connectivity index (χ1) is 8.27. The van der Waals surface area contributed by atoms with Crippen molar-refractivity contribution in [3.05, 3.63) is 36.7 Å². The van der Waals surface area contributed by atoms with Crippen molar-refractivity contribution in [3.8, 4) is 5.69 Å². The number of rotatable bonds is 5. The molecule has 0 unspecified atom stereocenters. The molecule has 1 N–H and O–H groups in total. The van der Waals surface area contributed by atoms with Crippen LogP contribution >= 0.6 is 0 Å². The first-order valence-corrected chi connectivity index (χ1v) is 5.76. The van der Waals surface area contributed by atoms with Crippen LogP contribution in [0.25, 0.3) is 5.69 Å². The SMILES string of the molecule is CC(C)CNCc1cnccc1-n1cncn1. The molecule has 0 fully saturated rings. The summed E-state index contributed by atoms with van der Waals surface area (Å²) >= 11 is 0. The molecule has 5 nitrogen and oxygen atoms in total. The topological polar surface area (TPSA) is 55.6 Å². The fourth-order valence-electron chi connectivity index (χ4n) is 1.61. The van der Waals surface area contributed by atoms with Gasteiger partial charge in [0.2, 0.25) is 0 Å². The van der Waals surface area contributed by atoms with Crippen LogP contribution in [-0.4, -0.2) is 26.3 Å². The third kappa shape index (κ3) is 3.10. The third-order valence-electron chi connectivity index (χ3n) is 2.41. The van der Waals surface area contributed by atoms with Crippen LogP contribution in [0.15, 0.2) is 31.1 Å². The molecule has 2 rings (SSSR count). The quantitative estimate of drug-likeness (QED) is 0.845.